The molecule has 7 aromatic rings. The molecule has 0 aliphatic rings. The first-order valence-electron chi connectivity index (χ1n) is 23.5. The number of nitrogens with zero attached hydrogens (tertiary/aromatic N) is 3. The Kier molecular flexibility index (Phi) is 13.5. The molecule has 0 unspecified atom stereocenters. The summed E-state index contributed by atoms with van der Waals surface area (Å²) in [4.78, 5) is 14.2. The fourth-order valence-electron chi connectivity index (χ4n) is 8.41. The number of aromatic nitrogens is 3. The van der Waals surface area contributed by atoms with Crippen LogP contribution in [-0.4, -0.2) is 15.0 Å². The molecule has 0 radical (unpaired) electrons. The van der Waals surface area contributed by atoms with Crippen molar-refractivity contribution in [1.29, 1.82) is 0 Å². The van der Waals surface area contributed by atoms with Gasteiger partial charge in [0.1, 0.15) is 0 Å². The third-order valence-corrected chi connectivity index (χ3v) is 13.6. The van der Waals surface area contributed by atoms with Crippen molar-refractivity contribution >= 4 is 33.4 Å². The van der Waals surface area contributed by atoms with E-state index in [1.54, 1.807) is 0 Å². The van der Waals surface area contributed by atoms with Gasteiger partial charge in [-0.25, -0.2) is 0 Å². The first-order chi connectivity index (χ1) is 31.1. The second-order valence-corrected chi connectivity index (χ2v) is 21.3. The lowest BCUT2D eigenvalue weighted by Crippen LogP contribution is -2.11. The maximum atomic E-state index is 4.74. The van der Waals surface area contributed by atoms with Gasteiger partial charge in [-0.15, -0.1) is 0 Å². The van der Waals surface area contributed by atoms with Crippen molar-refractivity contribution in [1.82, 2.24) is 15.0 Å². The van der Waals surface area contributed by atoms with E-state index in [1.165, 1.54) is 83.5 Å². The molecule has 3 nitrogen and oxygen atoms in total. The van der Waals surface area contributed by atoms with Crippen LogP contribution in [0, 0.1) is 0 Å². The third kappa shape index (κ3) is 10.6. The number of rotatable bonds is 9. The summed E-state index contributed by atoms with van der Waals surface area (Å²) in [7, 11) is 0. The van der Waals surface area contributed by atoms with Crippen molar-refractivity contribution in [3.8, 4) is 33.8 Å². The monoisotopic (exact) mass is 868 g/mol. The van der Waals surface area contributed by atoms with E-state index < -0.39 is 0 Å². The van der Waals surface area contributed by atoms with Crippen molar-refractivity contribution in [3.05, 3.63) is 196 Å². The molecule has 3 heterocycles. The van der Waals surface area contributed by atoms with Crippen LogP contribution in [-0.2, 0) is 16.2 Å². The second kappa shape index (κ2) is 18.8. The highest BCUT2D eigenvalue weighted by Crippen LogP contribution is 2.37. The number of benzene rings is 4. The Morgan fingerprint density at radius 1 is 0.273 bits per heavy atom. The fraction of sp³-hybridized carbons (Fsp3) is 0.286. The van der Waals surface area contributed by atoms with Crippen LogP contribution in [0.1, 0.15) is 154 Å². The Hall–Kier alpha value is -6.45. The van der Waals surface area contributed by atoms with Gasteiger partial charge in [-0.2, -0.15) is 0 Å². The van der Waals surface area contributed by atoms with Crippen molar-refractivity contribution in [2.24, 2.45) is 0 Å². The molecular weight excluding hydrogens is 799 g/mol. The Labute approximate surface area is 396 Å². The summed E-state index contributed by atoms with van der Waals surface area (Å²) in [5.74, 6) is 0. The van der Waals surface area contributed by atoms with Crippen LogP contribution in [0.4, 0.5) is 0 Å². The van der Waals surface area contributed by atoms with Gasteiger partial charge in [0.25, 0.3) is 0 Å². The van der Waals surface area contributed by atoms with E-state index in [9.17, 15) is 0 Å². The van der Waals surface area contributed by atoms with E-state index in [2.05, 4.69) is 231 Å². The Morgan fingerprint density at radius 3 is 0.697 bits per heavy atom. The predicted octanol–water partition coefficient (Wildman–Crippen LogP) is 17.6. The van der Waals surface area contributed by atoms with Crippen molar-refractivity contribution < 1.29 is 0 Å². The van der Waals surface area contributed by atoms with Gasteiger partial charge >= 0.3 is 0 Å². The van der Waals surface area contributed by atoms with Gasteiger partial charge in [-0.3, -0.25) is 15.0 Å². The highest BCUT2D eigenvalue weighted by atomic mass is 14.7. The lowest BCUT2D eigenvalue weighted by molar-refractivity contribution is 0.589. The van der Waals surface area contributed by atoms with Gasteiger partial charge in [0.15, 0.2) is 0 Å². The molecule has 0 bridgehead atoms. The molecule has 3 aromatic heterocycles. The summed E-state index contributed by atoms with van der Waals surface area (Å²) in [6.45, 7) is 33.8. The molecule has 0 amide bonds. The summed E-state index contributed by atoms with van der Waals surface area (Å²) in [6, 6.07) is 46.9. The molecule has 0 saturated heterocycles. The average molecular weight is 868 g/mol. The van der Waals surface area contributed by atoms with E-state index in [1.807, 2.05) is 18.6 Å². The molecule has 0 spiro atoms. The molecule has 0 N–H and O–H groups in total. The minimum atomic E-state index is 0.0581. The Bertz CT molecular complexity index is 2630. The van der Waals surface area contributed by atoms with Crippen molar-refractivity contribution in [3.63, 3.8) is 0 Å². The van der Waals surface area contributed by atoms with Crippen molar-refractivity contribution in [2.45, 2.75) is 120 Å². The van der Waals surface area contributed by atoms with Gasteiger partial charge in [0.2, 0.25) is 0 Å². The molecule has 3 heteroatoms. The van der Waals surface area contributed by atoms with Crippen LogP contribution in [0.2, 0.25) is 0 Å². The topological polar surface area (TPSA) is 38.7 Å². The quantitative estimate of drug-likeness (QED) is 0.136. The Balaban J connectivity index is 1.28. The van der Waals surface area contributed by atoms with Gasteiger partial charge in [-0.1, -0.05) is 135 Å². The molecule has 0 fully saturated rings. The maximum Gasteiger partial charge on any atom is 0.0704 e. The van der Waals surface area contributed by atoms with Crippen LogP contribution >= 0.6 is 0 Å². The second-order valence-electron chi connectivity index (χ2n) is 21.3. The SMILES string of the molecule is C/C(=C(\C)c1cc(/C(C)=C(/C)c2ccc(-c3cc(C(C)(C)C)ccn3)cc2)cc(/C(C)=C(/C)c2ccc(-c3cc(C(C)(C)C)ccn3)cc2)c1)c1ccc(-c2cc(C(C)(C)C)ccn2)cc1. The standard InChI is InChI=1S/C63H69N3/c1-40(46-16-22-49(23-17-46)58-37-55(28-31-64-58)61(7,8)9)43(4)52-34-53(44(5)41(2)47-18-24-50(25-19-47)59-38-56(29-32-65-59)62(10,11)12)36-54(35-52)45(6)42(3)48-20-26-51(27-21-48)60-39-57(30-33-66-60)63(13,14)15/h16-39H,1-15H3/b43-40-,44-41-,45-42-. The van der Waals surface area contributed by atoms with Gasteiger partial charge in [-0.05, 0) is 196 Å². The zero-order valence-electron chi connectivity index (χ0n) is 42.2. The van der Waals surface area contributed by atoms with E-state index in [0.717, 1.165) is 33.8 Å². The first kappa shape index (κ1) is 47.5. The molecule has 336 valence electrons. The van der Waals surface area contributed by atoms with E-state index in [4.69, 9.17) is 15.0 Å². The van der Waals surface area contributed by atoms with E-state index in [0.29, 0.717) is 0 Å². The highest BCUT2D eigenvalue weighted by Gasteiger charge is 2.19. The summed E-state index contributed by atoms with van der Waals surface area (Å²) in [5.41, 5.74) is 25.1. The lowest BCUT2D eigenvalue weighted by Gasteiger charge is -2.19. The number of hydrogen-bond acceptors (Lipinski definition) is 3. The summed E-state index contributed by atoms with van der Waals surface area (Å²) < 4.78 is 0. The third-order valence-electron chi connectivity index (χ3n) is 13.6. The molecule has 7 rings (SSSR count). The molecule has 0 aliphatic heterocycles. The normalized spacial score (nSPS) is 13.5. The highest BCUT2D eigenvalue weighted by molar-refractivity contribution is 5.96. The van der Waals surface area contributed by atoms with Gasteiger partial charge in [0.05, 0.1) is 17.1 Å². The summed E-state index contributed by atoms with van der Waals surface area (Å²) in [6.07, 6.45) is 5.79. The zero-order chi connectivity index (χ0) is 47.7. The smallest absolute Gasteiger partial charge is 0.0704 e. The maximum absolute atomic E-state index is 4.74. The van der Waals surface area contributed by atoms with Crippen LogP contribution in [0.25, 0.3) is 67.2 Å². The number of allylic oxidation sites excluding steroid dienone is 6. The minimum absolute atomic E-state index is 0.0581. The van der Waals surface area contributed by atoms with Gasteiger partial charge in [0, 0.05) is 35.3 Å². The number of pyridine rings is 3. The van der Waals surface area contributed by atoms with Crippen LogP contribution in [0.15, 0.2) is 146 Å². The van der Waals surface area contributed by atoms with Crippen LogP contribution < -0.4 is 0 Å². The zero-order valence-corrected chi connectivity index (χ0v) is 42.2. The summed E-state index contributed by atoms with van der Waals surface area (Å²) >= 11 is 0. The fourth-order valence-corrected chi connectivity index (χ4v) is 8.41. The predicted molar refractivity (Wildman–Crippen MR) is 286 cm³/mol. The molecule has 4 aromatic carbocycles. The van der Waals surface area contributed by atoms with Gasteiger partial charge < -0.3 is 0 Å². The number of hydrogen-bond donors (Lipinski definition) is 0. The molecule has 0 saturated carbocycles. The minimum Gasteiger partial charge on any atom is -0.256 e. The Morgan fingerprint density at radius 2 is 0.485 bits per heavy atom. The van der Waals surface area contributed by atoms with Crippen LogP contribution in [0.3, 0.4) is 0 Å². The van der Waals surface area contributed by atoms with Crippen LogP contribution in [0.5, 0.6) is 0 Å². The molecular formula is C63H69N3. The first-order valence-corrected chi connectivity index (χ1v) is 23.5. The molecule has 0 aliphatic carbocycles. The molecule has 66 heavy (non-hydrogen) atoms. The van der Waals surface area contributed by atoms with E-state index >= 15 is 0 Å². The van der Waals surface area contributed by atoms with Crippen molar-refractivity contribution in [2.75, 3.05) is 0 Å². The largest absolute Gasteiger partial charge is 0.256 e. The molecule has 0 atom stereocenters. The van der Waals surface area contributed by atoms with E-state index in [-0.39, 0.29) is 16.2 Å². The summed E-state index contributed by atoms with van der Waals surface area (Å²) in [5, 5.41) is 0. The lowest BCUT2D eigenvalue weighted by atomic mass is 9.86. The average Bonchev–Trinajstić information content (AvgIpc) is 3.32.